The smallest absolute Gasteiger partial charge is 0.135 e. The van der Waals surface area contributed by atoms with Crippen molar-refractivity contribution in [2.24, 2.45) is 5.73 Å². The normalized spacial score (nSPS) is 15.7. The molecule has 0 radical (unpaired) electrons. The van der Waals surface area contributed by atoms with E-state index in [-0.39, 0.29) is 6.61 Å². The molecule has 0 amide bonds. The summed E-state index contributed by atoms with van der Waals surface area (Å²) in [6, 6.07) is 9.94. The Balaban J connectivity index is 2.82. The van der Waals surface area contributed by atoms with E-state index in [1.807, 2.05) is 24.3 Å². The van der Waals surface area contributed by atoms with E-state index < -0.39 is 5.54 Å². The zero-order chi connectivity index (χ0) is 12.9. The summed E-state index contributed by atoms with van der Waals surface area (Å²) < 4.78 is 5.67. The first-order valence-electron chi connectivity index (χ1n) is 5.92. The SMILES string of the molecule is CCC(C)c1ccccc1OCC(C)(N)C#N. The second kappa shape index (κ2) is 5.70. The summed E-state index contributed by atoms with van der Waals surface area (Å²) in [4.78, 5) is 0. The topological polar surface area (TPSA) is 59.0 Å². The highest BCUT2D eigenvalue weighted by molar-refractivity contribution is 5.36. The van der Waals surface area contributed by atoms with E-state index in [2.05, 4.69) is 19.9 Å². The van der Waals surface area contributed by atoms with Gasteiger partial charge in [-0.15, -0.1) is 0 Å². The second-order valence-electron chi connectivity index (χ2n) is 4.67. The maximum Gasteiger partial charge on any atom is 0.135 e. The van der Waals surface area contributed by atoms with Crippen LogP contribution in [0.25, 0.3) is 0 Å². The van der Waals surface area contributed by atoms with Gasteiger partial charge < -0.3 is 10.5 Å². The highest BCUT2D eigenvalue weighted by atomic mass is 16.5. The summed E-state index contributed by atoms with van der Waals surface area (Å²) in [5, 5.41) is 8.84. The molecule has 92 valence electrons. The van der Waals surface area contributed by atoms with Gasteiger partial charge in [0.15, 0.2) is 0 Å². The molecular formula is C14H20N2O. The Bertz CT molecular complexity index is 407. The highest BCUT2D eigenvalue weighted by Gasteiger charge is 2.19. The van der Waals surface area contributed by atoms with Crippen LogP contribution in [0.1, 0.15) is 38.7 Å². The van der Waals surface area contributed by atoms with E-state index in [1.165, 1.54) is 5.56 Å². The number of para-hydroxylation sites is 1. The minimum absolute atomic E-state index is 0.205. The molecule has 0 aromatic heterocycles. The standard InChI is InChI=1S/C14H20N2O/c1-4-11(2)12-7-5-6-8-13(12)17-10-14(3,16)9-15/h5-8,11H,4,10,16H2,1-3H3. The fraction of sp³-hybridized carbons (Fsp3) is 0.500. The summed E-state index contributed by atoms with van der Waals surface area (Å²) in [6.07, 6.45) is 1.05. The van der Waals surface area contributed by atoms with Crippen molar-refractivity contribution in [3.63, 3.8) is 0 Å². The molecule has 0 saturated heterocycles. The minimum atomic E-state index is -0.942. The van der Waals surface area contributed by atoms with Gasteiger partial charge in [0.05, 0.1) is 6.07 Å². The molecular weight excluding hydrogens is 212 g/mol. The first-order valence-corrected chi connectivity index (χ1v) is 5.92. The van der Waals surface area contributed by atoms with Crippen LogP contribution in [0.4, 0.5) is 0 Å². The van der Waals surface area contributed by atoms with Crippen LogP contribution in [0.15, 0.2) is 24.3 Å². The van der Waals surface area contributed by atoms with Crippen LogP contribution >= 0.6 is 0 Å². The number of hydrogen-bond donors (Lipinski definition) is 1. The molecule has 0 saturated carbocycles. The molecule has 0 spiro atoms. The summed E-state index contributed by atoms with van der Waals surface area (Å²) in [6.45, 7) is 6.17. The van der Waals surface area contributed by atoms with Crippen molar-refractivity contribution in [1.29, 1.82) is 5.26 Å². The molecule has 0 aliphatic heterocycles. The van der Waals surface area contributed by atoms with Gasteiger partial charge >= 0.3 is 0 Å². The maximum absolute atomic E-state index is 8.84. The Morgan fingerprint density at radius 1 is 1.47 bits per heavy atom. The Kier molecular flexibility index (Phi) is 4.53. The fourth-order valence-electron chi connectivity index (χ4n) is 1.50. The predicted molar refractivity (Wildman–Crippen MR) is 68.8 cm³/mol. The Morgan fingerprint density at radius 3 is 2.71 bits per heavy atom. The lowest BCUT2D eigenvalue weighted by Crippen LogP contribution is -2.40. The van der Waals surface area contributed by atoms with Crippen LogP contribution in [0.3, 0.4) is 0 Å². The van der Waals surface area contributed by atoms with Gasteiger partial charge in [0.1, 0.15) is 17.9 Å². The molecule has 17 heavy (non-hydrogen) atoms. The van der Waals surface area contributed by atoms with Crippen molar-refractivity contribution in [3.05, 3.63) is 29.8 Å². The van der Waals surface area contributed by atoms with Crippen molar-refractivity contribution in [3.8, 4) is 11.8 Å². The molecule has 3 heteroatoms. The van der Waals surface area contributed by atoms with Gasteiger partial charge in [0, 0.05) is 0 Å². The molecule has 2 atom stereocenters. The van der Waals surface area contributed by atoms with E-state index in [9.17, 15) is 0 Å². The summed E-state index contributed by atoms with van der Waals surface area (Å²) in [7, 11) is 0. The van der Waals surface area contributed by atoms with Crippen LogP contribution in [0.2, 0.25) is 0 Å². The Hall–Kier alpha value is -1.53. The fourth-order valence-corrected chi connectivity index (χ4v) is 1.50. The zero-order valence-corrected chi connectivity index (χ0v) is 10.7. The van der Waals surface area contributed by atoms with E-state index in [4.69, 9.17) is 15.7 Å². The quantitative estimate of drug-likeness (QED) is 0.849. The van der Waals surface area contributed by atoms with Crippen LogP contribution < -0.4 is 10.5 Å². The summed E-state index contributed by atoms with van der Waals surface area (Å²) >= 11 is 0. The van der Waals surface area contributed by atoms with Gasteiger partial charge in [-0.2, -0.15) is 5.26 Å². The van der Waals surface area contributed by atoms with Crippen LogP contribution in [0, 0.1) is 11.3 Å². The van der Waals surface area contributed by atoms with Crippen molar-refractivity contribution in [2.45, 2.75) is 38.6 Å². The van der Waals surface area contributed by atoms with Gasteiger partial charge in [-0.1, -0.05) is 32.0 Å². The number of ether oxygens (including phenoxy) is 1. The average Bonchev–Trinajstić information content (AvgIpc) is 2.36. The van der Waals surface area contributed by atoms with Gasteiger partial charge in [-0.3, -0.25) is 0 Å². The number of rotatable bonds is 5. The predicted octanol–water partition coefficient (Wildman–Crippen LogP) is 2.82. The lowest BCUT2D eigenvalue weighted by molar-refractivity contribution is 0.261. The van der Waals surface area contributed by atoms with Crippen LogP contribution in [-0.4, -0.2) is 12.1 Å². The molecule has 2 N–H and O–H groups in total. The first kappa shape index (κ1) is 13.5. The highest BCUT2D eigenvalue weighted by Crippen LogP contribution is 2.28. The number of hydrogen-bond acceptors (Lipinski definition) is 3. The zero-order valence-electron chi connectivity index (χ0n) is 10.7. The molecule has 0 bridgehead atoms. The van der Waals surface area contributed by atoms with Crippen molar-refractivity contribution in [2.75, 3.05) is 6.61 Å². The van der Waals surface area contributed by atoms with Crippen molar-refractivity contribution < 1.29 is 4.74 Å². The number of nitriles is 1. The number of nitrogens with zero attached hydrogens (tertiary/aromatic N) is 1. The van der Waals surface area contributed by atoms with Crippen LogP contribution in [0.5, 0.6) is 5.75 Å². The monoisotopic (exact) mass is 232 g/mol. The maximum atomic E-state index is 8.84. The van der Waals surface area contributed by atoms with Gasteiger partial charge in [-0.25, -0.2) is 0 Å². The third-order valence-electron chi connectivity index (χ3n) is 2.85. The van der Waals surface area contributed by atoms with E-state index in [0.29, 0.717) is 5.92 Å². The average molecular weight is 232 g/mol. The third-order valence-corrected chi connectivity index (χ3v) is 2.85. The van der Waals surface area contributed by atoms with Crippen molar-refractivity contribution in [1.82, 2.24) is 0 Å². The molecule has 1 aromatic rings. The Labute approximate surface area is 103 Å². The van der Waals surface area contributed by atoms with Gasteiger partial charge in [0.25, 0.3) is 0 Å². The lowest BCUT2D eigenvalue weighted by atomic mass is 9.98. The summed E-state index contributed by atoms with van der Waals surface area (Å²) in [5.74, 6) is 1.27. The molecule has 0 aliphatic rings. The Morgan fingerprint density at radius 2 is 2.12 bits per heavy atom. The van der Waals surface area contributed by atoms with Gasteiger partial charge in [0.2, 0.25) is 0 Å². The van der Waals surface area contributed by atoms with E-state index in [1.54, 1.807) is 6.92 Å². The number of benzene rings is 1. The molecule has 3 nitrogen and oxygen atoms in total. The van der Waals surface area contributed by atoms with E-state index in [0.717, 1.165) is 12.2 Å². The molecule has 0 heterocycles. The largest absolute Gasteiger partial charge is 0.490 e. The number of nitrogens with two attached hydrogens (primary N) is 1. The molecule has 0 fully saturated rings. The first-order chi connectivity index (χ1) is 8.00. The third kappa shape index (κ3) is 3.76. The van der Waals surface area contributed by atoms with Crippen molar-refractivity contribution >= 4 is 0 Å². The van der Waals surface area contributed by atoms with Crippen LogP contribution in [-0.2, 0) is 0 Å². The summed E-state index contributed by atoms with van der Waals surface area (Å²) in [5.41, 5.74) is 5.96. The molecule has 2 unspecified atom stereocenters. The second-order valence-corrected chi connectivity index (χ2v) is 4.67. The molecule has 1 aromatic carbocycles. The lowest BCUT2D eigenvalue weighted by Gasteiger charge is -2.20. The van der Waals surface area contributed by atoms with Gasteiger partial charge in [-0.05, 0) is 30.9 Å². The molecule has 1 rings (SSSR count). The molecule has 0 aliphatic carbocycles. The van der Waals surface area contributed by atoms with E-state index >= 15 is 0 Å². The minimum Gasteiger partial charge on any atom is -0.490 e.